The van der Waals surface area contributed by atoms with Gasteiger partial charge < -0.3 is 21.7 Å². The molecule has 0 saturated heterocycles. The summed E-state index contributed by atoms with van der Waals surface area (Å²) >= 11 is 0. The molecule has 0 spiro atoms. The molecule has 6 N–H and O–H groups in total. The number of hydrogen-bond donors (Lipinski definition) is 3. The van der Waals surface area contributed by atoms with E-state index in [0.29, 0.717) is 36.2 Å². The molecule has 166 valence electrons. The monoisotopic (exact) mass is 435 g/mol. The topological polar surface area (TPSA) is 160 Å². The van der Waals surface area contributed by atoms with E-state index >= 15 is 0 Å². The Morgan fingerprint density at radius 1 is 1.06 bits per heavy atom. The number of nitrogens with two attached hydrogens (primary N) is 3. The van der Waals surface area contributed by atoms with Crippen LogP contribution in [-0.4, -0.2) is 27.6 Å². The Labute approximate surface area is 184 Å². The Kier molecular flexibility index (Phi) is 5.21. The molecule has 1 aromatic heterocycles. The average molecular weight is 435 g/mol. The zero-order chi connectivity index (χ0) is 23.2. The Hall–Kier alpha value is -3.72. The number of aryl methyl sites for hydroxylation is 3. The summed E-state index contributed by atoms with van der Waals surface area (Å²) in [6.45, 7) is 1.87. The van der Waals surface area contributed by atoms with Gasteiger partial charge in [-0.25, -0.2) is 4.79 Å². The highest BCUT2D eigenvalue weighted by atomic mass is 16.5. The molecule has 1 heterocycles. The molecule has 1 aliphatic carbocycles. The second-order valence-electron chi connectivity index (χ2n) is 8.35. The number of fused-ring (bicyclic) bond motifs is 2. The second kappa shape index (κ2) is 7.76. The van der Waals surface area contributed by atoms with E-state index in [0.717, 1.165) is 22.3 Å². The molecule has 32 heavy (non-hydrogen) atoms. The fourth-order valence-corrected chi connectivity index (χ4v) is 4.89. The highest BCUT2D eigenvalue weighted by molar-refractivity contribution is 5.94. The van der Waals surface area contributed by atoms with E-state index in [9.17, 15) is 14.4 Å². The number of aromatic nitrogens is 2. The summed E-state index contributed by atoms with van der Waals surface area (Å²) in [6, 6.07) is 10.3. The molecule has 2 amide bonds. The molecule has 4 rings (SSSR count). The van der Waals surface area contributed by atoms with Gasteiger partial charge in [-0.05, 0) is 72.7 Å². The molecular weight excluding hydrogens is 410 g/mol. The molecule has 0 fully saturated rings. The minimum Gasteiger partial charge on any atom is -0.366 e. The highest BCUT2D eigenvalue weighted by Gasteiger charge is 2.45. The van der Waals surface area contributed by atoms with Crippen molar-refractivity contribution in [2.45, 2.75) is 37.6 Å². The average Bonchev–Trinajstić information content (AvgIpc) is 3.01. The second-order valence-corrected chi connectivity index (χ2v) is 8.35. The van der Waals surface area contributed by atoms with E-state index in [4.69, 9.17) is 21.7 Å². The molecular formula is C23H25N5O4. The number of rotatable bonds is 5. The van der Waals surface area contributed by atoms with Crippen LogP contribution in [0.15, 0.2) is 45.7 Å². The first-order valence-corrected chi connectivity index (χ1v) is 10.3. The molecule has 9 nitrogen and oxygen atoms in total. The first kappa shape index (κ1) is 21.5. The minimum atomic E-state index is -0.956. The smallest absolute Gasteiger partial charge is 0.366 e. The van der Waals surface area contributed by atoms with E-state index in [2.05, 4.69) is 4.98 Å². The summed E-state index contributed by atoms with van der Waals surface area (Å²) in [5, 5.41) is 0. The molecule has 2 aromatic carbocycles. The van der Waals surface area contributed by atoms with Crippen molar-refractivity contribution < 1.29 is 14.1 Å². The van der Waals surface area contributed by atoms with Crippen LogP contribution in [0.2, 0.25) is 0 Å². The number of carbonyl (C=O) groups excluding carboxylic acids is 2. The van der Waals surface area contributed by atoms with Crippen LogP contribution in [-0.2, 0) is 25.3 Å². The number of amides is 2. The van der Waals surface area contributed by atoms with Crippen molar-refractivity contribution >= 4 is 11.8 Å². The lowest BCUT2D eigenvalue weighted by Crippen LogP contribution is -2.39. The summed E-state index contributed by atoms with van der Waals surface area (Å²) in [5.74, 6) is -1.39. The van der Waals surface area contributed by atoms with Crippen molar-refractivity contribution in [2.24, 2.45) is 24.2 Å². The lowest BCUT2D eigenvalue weighted by molar-refractivity contribution is 0.0991. The van der Waals surface area contributed by atoms with Gasteiger partial charge in [-0.2, -0.15) is 9.72 Å². The van der Waals surface area contributed by atoms with Gasteiger partial charge in [0.15, 0.2) is 5.82 Å². The van der Waals surface area contributed by atoms with Crippen molar-refractivity contribution in [1.29, 1.82) is 0 Å². The summed E-state index contributed by atoms with van der Waals surface area (Å²) in [7, 11) is 1.62. The molecule has 0 saturated carbocycles. The summed E-state index contributed by atoms with van der Waals surface area (Å²) in [4.78, 5) is 40.1. The first-order chi connectivity index (χ1) is 15.1. The van der Waals surface area contributed by atoms with Crippen LogP contribution in [0.4, 0.5) is 0 Å². The first-order valence-electron chi connectivity index (χ1n) is 10.3. The Bertz CT molecular complexity index is 1220. The fraction of sp³-hybridized carbons (Fsp3) is 0.304. The van der Waals surface area contributed by atoms with E-state index in [1.807, 2.05) is 19.1 Å². The van der Waals surface area contributed by atoms with Crippen LogP contribution in [0, 0.1) is 0 Å². The zero-order valence-corrected chi connectivity index (χ0v) is 17.9. The van der Waals surface area contributed by atoms with Crippen LogP contribution in [0.1, 0.15) is 62.1 Å². The largest absolute Gasteiger partial charge is 0.459 e. The number of nitrogens with zero attached hydrogens (tertiary/aromatic N) is 2. The van der Waals surface area contributed by atoms with Gasteiger partial charge in [0.2, 0.25) is 11.8 Å². The number of hydrogen-bond acceptors (Lipinski definition) is 6. The van der Waals surface area contributed by atoms with E-state index < -0.39 is 23.0 Å². The van der Waals surface area contributed by atoms with E-state index in [-0.39, 0.29) is 6.04 Å². The van der Waals surface area contributed by atoms with Crippen molar-refractivity contribution in [3.05, 3.63) is 86.2 Å². The van der Waals surface area contributed by atoms with Crippen molar-refractivity contribution in [3.63, 3.8) is 0 Å². The normalized spacial score (nSPS) is 15.3. The van der Waals surface area contributed by atoms with Crippen LogP contribution in [0.3, 0.4) is 0 Å². The maximum Gasteiger partial charge on any atom is 0.459 e. The third kappa shape index (κ3) is 3.40. The zero-order valence-electron chi connectivity index (χ0n) is 17.9. The molecule has 3 aromatic rings. The number of primary amides is 2. The van der Waals surface area contributed by atoms with Crippen LogP contribution in [0.5, 0.6) is 0 Å². The standard InChI is InChI=1S/C23H25N5O4/c1-12(24)11-23(21-27-22(31)32-28(21)2)17-7-5-15(19(25)29)9-13(17)3-4-14-10-16(20(26)30)6-8-18(14)23/h5-10,12H,3-4,11,24H2,1-2H3,(H2,25,29)(H2,26,30)/t12-/m1/s1. The lowest BCUT2D eigenvalue weighted by atomic mass is 9.67. The maximum absolute atomic E-state index is 12.1. The van der Waals surface area contributed by atoms with E-state index in [1.165, 1.54) is 4.74 Å². The van der Waals surface area contributed by atoms with Crippen LogP contribution >= 0.6 is 0 Å². The van der Waals surface area contributed by atoms with Gasteiger partial charge in [-0.15, -0.1) is 0 Å². The van der Waals surface area contributed by atoms with Crippen LogP contribution < -0.4 is 23.0 Å². The minimum absolute atomic E-state index is 0.285. The van der Waals surface area contributed by atoms with Gasteiger partial charge in [0.25, 0.3) is 0 Å². The van der Waals surface area contributed by atoms with Gasteiger partial charge in [-0.1, -0.05) is 12.1 Å². The molecule has 0 bridgehead atoms. The lowest BCUT2D eigenvalue weighted by Gasteiger charge is -2.36. The molecule has 1 atom stereocenters. The van der Waals surface area contributed by atoms with Gasteiger partial charge in [-0.3, -0.25) is 9.59 Å². The summed E-state index contributed by atoms with van der Waals surface area (Å²) < 4.78 is 6.58. The summed E-state index contributed by atoms with van der Waals surface area (Å²) in [6.07, 6.45) is 1.56. The predicted octanol–water partition coefficient (Wildman–Crippen LogP) is 0.741. The van der Waals surface area contributed by atoms with Gasteiger partial charge in [0, 0.05) is 24.2 Å². The molecule has 9 heteroatoms. The van der Waals surface area contributed by atoms with Crippen molar-refractivity contribution in [3.8, 4) is 0 Å². The van der Waals surface area contributed by atoms with Gasteiger partial charge >= 0.3 is 5.76 Å². The van der Waals surface area contributed by atoms with Crippen molar-refractivity contribution in [2.75, 3.05) is 0 Å². The molecule has 1 aliphatic rings. The predicted molar refractivity (Wildman–Crippen MR) is 117 cm³/mol. The third-order valence-electron chi connectivity index (χ3n) is 6.08. The number of carbonyl (C=O) groups is 2. The van der Waals surface area contributed by atoms with Crippen LogP contribution in [0.25, 0.3) is 0 Å². The molecule has 0 radical (unpaired) electrons. The van der Waals surface area contributed by atoms with Crippen molar-refractivity contribution in [1.82, 2.24) is 9.72 Å². The third-order valence-corrected chi connectivity index (χ3v) is 6.08. The van der Waals surface area contributed by atoms with Gasteiger partial charge in [0.05, 0.1) is 5.41 Å². The number of benzene rings is 2. The Morgan fingerprint density at radius 3 is 1.94 bits per heavy atom. The Balaban J connectivity index is 2.13. The quantitative estimate of drug-likeness (QED) is 0.536. The molecule has 0 aliphatic heterocycles. The summed E-state index contributed by atoms with van der Waals surface area (Å²) in [5.41, 5.74) is 20.7. The van der Waals surface area contributed by atoms with E-state index in [1.54, 1.807) is 31.3 Å². The molecule has 0 unspecified atom stereocenters. The fourth-order valence-electron chi connectivity index (χ4n) is 4.89. The Morgan fingerprint density at radius 2 is 1.56 bits per heavy atom. The SMILES string of the molecule is C[C@@H](N)CC1(c2nc(=O)on2C)c2ccc(C(N)=O)cc2CCc2cc(C(N)=O)ccc21. The highest BCUT2D eigenvalue weighted by Crippen LogP contribution is 2.47. The maximum atomic E-state index is 12.1. The van der Waals surface area contributed by atoms with Gasteiger partial charge in [0.1, 0.15) is 0 Å².